The molecule has 0 saturated carbocycles. The summed E-state index contributed by atoms with van der Waals surface area (Å²) >= 11 is 0. The predicted molar refractivity (Wildman–Crippen MR) is 130 cm³/mol. The number of para-hydroxylation sites is 1. The summed E-state index contributed by atoms with van der Waals surface area (Å²) in [5.74, 6) is 1.49. The fourth-order valence-corrected chi connectivity index (χ4v) is 3.46. The molecule has 4 aromatic rings. The largest absolute Gasteiger partial charge is 0.497 e. The molecular formula is C27H24N2O5. The molecule has 7 nitrogen and oxygen atoms in total. The highest BCUT2D eigenvalue weighted by molar-refractivity contribution is 6.06. The van der Waals surface area contributed by atoms with Gasteiger partial charge in [0.2, 0.25) is 0 Å². The van der Waals surface area contributed by atoms with E-state index < -0.39 is 5.91 Å². The summed E-state index contributed by atoms with van der Waals surface area (Å²) in [6.45, 7) is 0. The fourth-order valence-electron chi connectivity index (χ4n) is 3.46. The van der Waals surface area contributed by atoms with E-state index >= 15 is 0 Å². The van der Waals surface area contributed by atoms with Gasteiger partial charge in [-0.25, -0.2) is 0 Å². The molecule has 4 rings (SSSR count). The number of ether oxygens (including phenoxy) is 2. The maximum Gasteiger partial charge on any atom is 0.291 e. The lowest BCUT2D eigenvalue weighted by molar-refractivity contribution is 0.0992. The summed E-state index contributed by atoms with van der Waals surface area (Å²) in [6, 6.07) is 24.7. The molecule has 0 saturated heterocycles. The number of carbonyl (C=O) groups excluding carboxylic acids is 2. The Morgan fingerprint density at radius 2 is 1.53 bits per heavy atom. The Morgan fingerprint density at radius 1 is 0.765 bits per heavy atom. The van der Waals surface area contributed by atoms with Gasteiger partial charge in [0.1, 0.15) is 17.3 Å². The molecule has 3 aromatic carbocycles. The van der Waals surface area contributed by atoms with Crippen LogP contribution < -0.4 is 20.1 Å². The summed E-state index contributed by atoms with van der Waals surface area (Å²) in [5.41, 5.74) is 2.48. The Hall–Kier alpha value is -4.52. The SMILES string of the molecule is COc1ccc(OC)c(Cc2ccc(C(=O)Nc3cccc(C(=O)Nc4ccccc4)c3)o2)c1. The number of anilines is 2. The van der Waals surface area contributed by atoms with E-state index in [0.717, 1.165) is 5.56 Å². The third kappa shape index (κ3) is 5.45. The van der Waals surface area contributed by atoms with Crippen LogP contribution in [0.1, 0.15) is 32.2 Å². The number of carbonyl (C=O) groups is 2. The minimum Gasteiger partial charge on any atom is -0.497 e. The molecule has 0 aliphatic heterocycles. The van der Waals surface area contributed by atoms with Crippen molar-refractivity contribution < 1.29 is 23.5 Å². The van der Waals surface area contributed by atoms with Gasteiger partial charge in [0.05, 0.1) is 14.2 Å². The Balaban J connectivity index is 1.43. The van der Waals surface area contributed by atoms with Crippen LogP contribution in [-0.2, 0) is 6.42 Å². The minimum absolute atomic E-state index is 0.163. The Kier molecular flexibility index (Phi) is 6.93. The van der Waals surface area contributed by atoms with Crippen molar-refractivity contribution in [3.63, 3.8) is 0 Å². The van der Waals surface area contributed by atoms with Gasteiger partial charge in [0.25, 0.3) is 11.8 Å². The van der Waals surface area contributed by atoms with E-state index in [1.54, 1.807) is 62.8 Å². The monoisotopic (exact) mass is 456 g/mol. The first-order chi connectivity index (χ1) is 16.6. The van der Waals surface area contributed by atoms with Crippen molar-refractivity contribution >= 4 is 23.2 Å². The number of amides is 2. The molecule has 7 heteroatoms. The molecule has 0 spiro atoms. The van der Waals surface area contributed by atoms with Crippen LogP contribution in [0.25, 0.3) is 0 Å². The van der Waals surface area contributed by atoms with Crippen molar-refractivity contribution in [1.29, 1.82) is 0 Å². The highest BCUT2D eigenvalue weighted by Gasteiger charge is 2.15. The van der Waals surface area contributed by atoms with Gasteiger partial charge < -0.3 is 24.5 Å². The quantitative estimate of drug-likeness (QED) is 0.371. The van der Waals surface area contributed by atoms with Crippen LogP contribution >= 0.6 is 0 Å². The van der Waals surface area contributed by atoms with Gasteiger partial charge >= 0.3 is 0 Å². The van der Waals surface area contributed by atoms with E-state index in [1.807, 2.05) is 36.4 Å². The summed E-state index contributed by atoms with van der Waals surface area (Å²) < 4.78 is 16.5. The van der Waals surface area contributed by atoms with Crippen LogP contribution in [0.3, 0.4) is 0 Å². The van der Waals surface area contributed by atoms with Gasteiger partial charge in [0, 0.05) is 28.9 Å². The number of methoxy groups -OCH3 is 2. The van der Waals surface area contributed by atoms with E-state index in [9.17, 15) is 9.59 Å². The first kappa shape index (κ1) is 22.7. The number of rotatable bonds is 8. The molecule has 0 fully saturated rings. The van der Waals surface area contributed by atoms with Crippen molar-refractivity contribution in [3.8, 4) is 11.5 Å². The molecule has 0 radical (unpaired) electrons. The molecule has 2 amide bonds. The topological polar surface area (TPSA) is 89.8 Å². The molecule has 0 aliphatic rings. The van der Waals surface area contributed by atoms with Crippen molar-refractivity contribution in [2.24, 2.45) is 0 Å². The van der Waals surface area contributed by atoms with E-state index in [2.05, 4.69) is 10.6 Å². The number of nitrogens with one attached hydrogen (secondary N) is 2. The number of furan rings is 1. The molecule has 0 atom stereocenters. The number of hydrogen-bond acceptors (Lipinski definition) is 5. The maximum atomic E-state index is 12.7. The summed E-state index contributed by atoms with van der Waals surface area (Å²) in [7, 11) is 3.20. The summed E-state index contributed by atoms with van der Waals surface area (Å²) in [5, 5.41) is 5.60. The molecule has 0 unspecified atom stereocenters. The molecule has 172 valence electrons. The first-order valence-corrected chi connectivity index (χ1v) is 10.6. The van der Waals surface area contributed by atoms with Gasteiger partial charge in [-0.15, -0.1) is 0 Å². The van der Waals surface area contributed by atoms with Crippen LogP contribution in [0.15, 0.2) is 89.3 Å². The van der Waals surface area contributed by atoms with E-state index in [0.29, 0.717) is 40.6 Å². The average molecular weight is 456 g/mol. The Labute approximate surface area is 197 Å². The Morgan fingerprint density at radius 3 is 2.29 bits per heavy atom. The second-order valence-corrected chi connectivity index (χ2v) is 7.48. The molecule has 34 heavy (non-hydrogen) atoms. The highest BCUT2D eigenvalue weighted by Crippen LogP contribution is 2.27. The summed E-state index contributed by atoms with van der Waals surface area (Å²) in [4.78, 5) is 25.3. The maximum absolute atomic E-state index is 12.7. The van der Waals surface area contributed by atoms with Crippen LogP contribution in [0.4, 0.5) is 11.4 Å². The number of benzene rings is 3. The zero-order chi connectivity index (χ0) is 23.9. The lowest BCUT2D eigenvalue weighted by Crippen LogP contribution is -2.14. The van der Waals surface area contributed by atoms with Crippen molar-refractivity contribution in [2.75, 3.05) is 24.9 Å². The van der Waals surface area contributed by atoms with Gasteiger partial charge in [-0.1, -0.05) is 24.3 Å². The van der Waals surface area contributed by atoms with Crippen LogP contribution in [0.5, 0.6) is 11.5 Å². The zero-order valence-corrected chi connectivity index (χ0v) is 18.8. The van der Waals surface area contributed by atoms with E-state index in [-0.39, 0.29) is 11.7 Å². The average Bonchev–Trinajstić information content (AvgIpc) is 3.33. The second-order valence-electron chi connectivity index (χ2n) is 7.48. The number of hydrogen-bond donors (Lipinski definition) is 2. The normalized spacial score (nSPS) is 10.4. The standard InChI is InChI=1S/C27H24N2O5/c1-32-22-11-13-24(33-2)19(16-22)17-23-12-14-25(34-23)27(31)29-21-10-6-7-18(15-21)26(30)28-20-8-4-3-5-9-20/h3-16H,17H2,1-2H3,(H,28,30)(H,29,31). The van der Waals surface area contributed by atoms with E-state index in [1.165, 1.54) is 0 Å². The first-order valence-electron chi connectivity index (χ1n) is 10.6. The van der Waals surface area contributed by atoms with E-state index in [4.69, 9.17) is 13.9 Å². The van der Waals surface area contributed by atoms with Crippen LogP contribution in [-0.4, -0.2) is 26.0 Å². The third-order valence-corrected chi connectivity index (χ3v) is 5.15. The smallest absolute Gasteiger partial charge is 0.291 e. The van der Waals surface area contributed by atoms with Crippen LogP contribution in [0, 0.1) is 0 Å². The Bertz CT molecular complexity index is 1300. The van der Waals surface area contributed by atoms with Gasteiger partial charge in [-0.2, -0.15) is 0 Å². The minimum atomic E-state index is -0.413. The highest BCUT2D eigenvalue weighted by atomic mass is 16.5. The molecule has 1 heterocycles. The van der Waals surface area contributed by atoms with Crippen molar-refractivity contribution in [3.05, 3.63) is 108 Å². The molecule has 1 aromatic heterocycles. The van der Waals surface area contributed by atoms with Crippen molar-refractivity contribution in [2.45, 2.75) is 6.42 Å². The van der Waals surface area contributed by atoms with Crippen molar-refractivity contribution in [1.82, 2.24) is 0 Å². The second kappa shape index (κ2) is 10.4. The van der Waals surface area contributed by atoms with Gasteiger partial charge in [0.15, 0.2) is 5.76 Å². The third-order valence-electron chi connectivity index (χ3n) is 5.15. The predicted octanol–water partition coefficient (Wildman–Crippen LogP) is 5.39. The summed E-state index contributed by atoms with van der Waals surface area (Å²) in [6.07, 6.45) is 0.433. The van der Waals surface area contributed by atoms with Gasteiger partial charge in [-0.05, 0) is 60.7 Å². The molecule has 0 bridgehead atoms. The van der Waals surface area contributed by atoms with Gasteiger partial charge in [-0.3, -0.25) is 9.59 Å². The lowest BCUT2D eigenvalue weighted by atomic mass is 10.1. The van der Waals surface area contributed by atoms with Crippen LogP contribution in [0.2, 0.25) is 0 Å². The fraction of sp³-hybridized carbons (Fsp3) is 0.111. The molecular weight excluding hydrogens is 432 g/mol. The molecule has 0 aliphatic carbocycles. The lowest BCUT2D eigenvalue weighted by Gasteiger charge is -2.09. The molecule has 2 N–H and O–H groups in total. The zero-order valence-electron chi connectivity index (χ0n) is 18.8.